The van der Waals surface area contributed by atoms with Gasteiger partial charge in [-0.25, -0.2) is 0 Å². The molecule has 1 unspecified atom stereocenters. The molecule has 0 aliphatic carbocycles. The minimum atomic E-state index is -1.09. The van der Waals surface area contributed by atoms with Crippen LogP contribution in [0, 0.1) is 0 Å². The molecule has 0 nitrogen and oxygen atoms in total. The van der Waals surface area contributed by atoms with Crippen LogP contribution in [0.25, 0.3) is 0 Å². The van der Waals surface area contributed by atoms with Crippen LogP contribution in [0.4, 0.5) is 0 Å². The molecule has 0 radical (unpaired) electrons. The van der Waals surface area contributed by atoms with Crippen molar-refractivity contribution in [1.29, 1.82) is 0 Å². The summed E-state index contributed by atoms with van der Waals surface area (Å²) < 4.78 is 0. The lowest BCUT2D eigenvalue weighted by Crippen LogP contribution is -2.18. The Balaban J connectivity index is 1.62. The molecule has 3 aromatic rings. The molecule has 0 aromatic heterocycles. The highest BCUT2D eigenvalue weighted by molar-refractivity contribution is 6.72. The summed E-state index contributed by atoms with van der Waals surface area (Å²) in [4.78, 5) is 0. The molecular weight excluding hydrogens is 328 g/mol. The lowest BCUT2D eigenvalue weighted by molar-refractivity contribution is 1.13. The SMILES string of the molecule is C1=C[SiH](Cc2ccccc2)C(Cc2ccccc2)=C1Cc1ccccc1. The van der Waals surface area contributed by atoms with Crippen LogP contribution >= 0.6 is 0 Å². The van der Waals surface area contributed by atoms with E-state index in [1.54, 1.807) is 10.8 Å². The van der Waals surface area contributed by atoms with Crippen molar-refractivity contribution in [1.82, 2.24) is 0 Å². The third kappa shape index (κ3) is 4.12. The van der Waals surface area contributed by atoms with Crippen LogP contribution in [0.3, 0.4) is 0 Å². The Kier molecular flexibility index (Phi) is 5.27. The molecule has 26 heavy (non-hydrogen) atoms. The minimum absolute atomic E-state index is 1.05. The van der Waals surface area contributed by atoms with Crippen molar-refractivity contribution in [2.45, 2.75) is 18.9 Å². The number of rotatable bonds is 6. The summed E-state index contributed by atoms with van der Waals surface area (Å²) in [5.41, 5.74) is 8.41. The molecule has 0 bridgehead atoms. The fourth-order valence-electron chi connectivity index (χ4n) is 3.80. The van der Waals surface area contributed by atoms with Gasteiger partial charge in [0.05, 0.1) is 8.80 Å². The maximum atomic E-state index is 2.55. The maximum absolute atomic E-state index is 2.55. The van der Waals surface area contributed by atoms with Gasteiger partial charge >= 0.3 is 0 Å². The predicted octanol–water partition coefficient (Wildman–Crippen LogP) is 5.43. The first-order chi connectivity index (χ1) is 12.9. The average molecular weight is 353 g/mol. The molecule has 3 aromatic carbocycles. The van der Waals surface area contributed by atoms with Crippen molar-refractivity contribution in [2.75, 3.05) is 0 Å². The predicted molar refractivity (Wildman–Crippen MR) is 114 cm³/mol. The summed E-state index contributed by atoms with van der Waals surface area (Å²) in [6, 6.07) is 34.0. The molecule has 0 saturated heterocycles. The Bertz CT molecular complexity index is 893. The Morgan fingerprint density at radius 2 is 1.04 bits per heavy atom. The molecule has 0 saturated carbocycles. The standard InChI is InChI=1S/C25H24Si/c1-4-10-21(11-5-1)18-24-16-17-26(20-23-14-8-3-9-15-23)25(24)19-22-12-6-2-7-13-22/h1-17,26H,18-20H2. The van der Waals surface area contributed by atoms with Crippen molar-refractivity contribution in [3.8, 4) is 0 Å². The zero-order chi connectivity index (χ0) is 17.6. The smallest absolute Gasteiger partial charge is 0.0926 e. The summed E-state index contributed by atoms with van der Waals surface area (Å²) in [5, 5.41) is 1.71. The highest BCUT2D eigenvalue weighted by atomic mass is 28.3. The quantitative estimate of drug-likeness (QED) is 0.519. The van der Waals surface area contributed by atoms with Gasteiger partial charge in [-0.15, -0.1) is 0 Å². The molecule has 1 atom stereocenters. The number of hydrogen-bond donors (Lipinski definition) is 0. The topological polar surface area (TPSA) is 0 Å². The first-order valence-electron chi connectivity index (χ1n) is 9.40. The summed E-state index contributed by atoms with van der Waals surface area (Å²) in [7, 11) is -1.09. The maximum Gasteiger partial charge on any atom is 0.0939 e. The normalized spacial score (nSPS) is 16.2. The van der Waals surface area contributed by atoms with Gasteiger partial charge in [-0.05, 0) is 35.6 Å². The first-order valence-corrected chi connectivity index (χ1v) is 11.5. The van der Waals surface area contributed by atoms with E-state index in [9.17, 15) is 0 Å². The fourth-order valence-corrected chi connectivity index (χ4v) is 6.83. The van der Waals surface area contributed by atoms with Gasteiger partial charge in [-0.1, -0.05) is 114 Å². The highest BCUT2D eigenvalue weighted by Crippen LogP contribution is 2.27. The summed E-state index contributed by atoms with van der Waals surface area (Å²) in [6.45, 7) is 0. The molecule has 0 spiro atoms. The zero-order valence-corrected chi connectivity index (χ0v) is 16.2. The van der Waals surface area contributed by atoms with Crippen LogP contribution in [-0.4, -0.2) is 8.80 Å². The van der Waals surface area contributed by atoms with Gasteiger partial charge in [0.2, 0.25) is 0 Å². The van der Waals surface area contributed by atoms with E-state index in [2.05, 4.69) is 103 Å². The van der Waals surface area contributed by atoms with Crippen molar-refractivity contribution < 1.29 is 0 Å². The van der Waals surface area contributed by atoms with Crippen LogP contribution in [-0.2, 0) is 18.9 Å². The lowest BCUT2D eigenvalue weighted by atomic mass is 10.0. The van der Waals surface area contributed by atoms with Gasteiger partial charge in [0.15, 0.2) is 0 Å². The molecule has 1 aliphatic heterocycles. The largest absolute Gasteiger partial charge is 0.0939 e. The van der Waals surface area contributed by atoms with E-state index in [4.69, 9.17) is 0 Å². The van der Waals surface area contributed by atoms with E-state index in [0.717, 1.165) is 12.8 Å². The number of allylic oxidation sites excluding steroid dienone is 3. The van der Waals surface area contributed by atoms with Crippen LogP contribution in [0.5, 0.6) is 0 Å². The monoisotopic (exact) mass is 352 g/mol. The second-order valence-corrected chi connectivity index (χ2v) is 9.73. The van der Waals surface area contributed by atoms with Crippen LogP contribution in [0.15, 0.2) is 114 Å². The number of benzene rings is 3. The number of hydrogen-bond acceptors (Lipinski definition) is 0. The zero-order valence-electron chi connectivity index (χ0n) is 15.0. The van der Waals surface area contributed by atoms with E-state index in [1.165, 1.54) is 22.7 Å². The Morgan fingerprint density at radius 3 is 1.62 bits per heavy atom. The van der Waals surface area contributed by atoms with E-state index in [-0.39, 0.29) is 0 Å². The second kappa shape index (κ2) is 8.16. The van der Waals surface area contributed by atoms with Gasteiger partial charge in [0.25, 0.3) is 0 Å². The minimum Gasteiger partial charge on any atom is -0.0926 e. The van der Waals surface area contributed by atoms with E-state index in [0.29, 0.717) is 0 Å². The van der Waals surface area contributed by atoms with E-state index < -0.39 is 8.80 Å². The summed E-state index contributed by atoms with van der Waals surface area (Å²) >= 11 is 0. The molecule has 4 rings (SSSR count). The van der Waals surface area contributed by atoms with Crippen LogP contribution in [0.2, 0.25) is 0 Å². The molecule has 1 aliphatic rings. The Morgan fingerprint density at radius 1 is 0.538 bits per heavy atom. The second-order valence-electron chi connectivity index (χ2n) is 7.03. The van der Waals surface area contributed by atoms with Crippen LogP contribution in [0.1, 0.15) is 16.7 Å². The van der Waals surface area contributed by atoms with Gasteiger partial charge < -0.3 is 0 Å². The first kappa shape index (κ1) is 16.8. The molecule has 1 heteroatoms. The van der Waals surface area contributed by atoms with Gasteiger partial charge in [-0.2, -0.15) is 0 Å². The van der Waals surface area contributed by atoms with Crippen LogP contribution < -0.4 is 0 Å². The Labute approximate surface area is 158 Å². The van der Waals surface area contributed by atoms with E-state index >= 15 is 0 Å². The molecule has 0 fully saturated rings. The molecule has 1 heterocycles. The third-order valence-corrected chi connectivity index (χ3v) is 8.20. The van der Waals surface area contributed by atoms with Gasteiger partial charge in [0.1, 0.15) is 0 Å². The fraction of sp³-hybridized carbons (Fsp3) is 0.120. The molecule has 0 N–H and O–H groups in total. The summed E-state index contributed by atoms with van der Waals surface area (Å²) in [6.07, 6.45) is 4.57. The lowest BCUT2D eigenvalue weighted by Gasteiger charge is -2.16. The van der Waals surface area contributed by atoms with Gasteiger partial charge in [-0.3, -0.25) is 0 Å². The van der Waals surface area contributed by atoms with Crippen molar-refractivity contribution in [2.24, 2.45) is 0 Å². The van der Waals surface area contributed by atoms with E-state index in [1.807, 2.05) is 0 Å². The van der Waals surface area contributed by atoms with Gasteiger partial charge in [0, 0.05) is 0 Å². The highest BCUT2D eigenvalue weighted by Gasteiger charge is 2.22. The average Bonchev–Trinajstić information content (AvgIpc) is 3.05. The van der Waals surface area contributed by atoms with Crippen molar-refractivity contribution in [3.63, 3.8) is 0 Å². The molecule has 0 amide bonds. The summed E-state index contributed by atoms with van der Waals surface area (Å²) in [5.74, 6) is 0. The Hall–Kier alpha value is -2.64. The third-order valence-electron chi connectivity index (χ3n) is 5.16. The van der Waals surface area contributed by atoms with Crippen molar-refractivity contribution in [3.05, 3.63) is 130 Å². The molecular formula is C25H24Si. The molecule has 128 valence electrons. The van der Waals surface area contributed by atoms with Crippen molar-refractivity contribution >= 4 is 8.80 Å².